The van der Waals surface area contributed by atoms with Gasteiger partial charge in [-0.1, -0.05) is 66.7 Å². The van der Waals surface area contributed by atoms with Crippen LogP contribution in [0.15, 0.2) is 95.6 Å². The number of para-hydroxylation sites is 1. The molecule has 0 N–H and O–H groups in total. The van der Waals surface area contributed by atoms with Gasteiger partial charge in [0, 0.05) is 11.1 Å². The van der Waals surface area contributed by atoms with Gasteiger partial charge in [0.1, 0.15) is 17.3 Å². The van der Waals surface area contributed by atoms with Gasteiger partial charge >= 0.3 is 0 Å². The Labute approximate surface area is 150 Å². The van der Waals surface area contributed by atoms with E-state index >= 15 is 0 Å². The summed E-state index contributed by atoms with van der Waals surface area (Å²) >= 11 is 0. The van der Waals surface area contributed by atoms with Crippen molar-refractivity contribution in [3.05, 3.63) is 108 Å². The molecule has 1 amide bonds. The van der Waals surface area contributed by atoms with Gasteiger partial charge < -0.3 is 0 Å². The third-order valence-corrected chi connectivity index (χ3v) is 4.10. The topological polar surface area (TPSA) is 32.7 Å². The molecule has 3 nitrogen and oxygen atoms in total. The van der Waals surface area contributed by atoms with Crippen molar-refractivity contribution in [2.24, 2.45) is 4.99 Å². The Morgan fingerprint density at radius 1 is 0.808 bits per heavy atom. The summed E-state index contributed by atoms with van der Waals surface area (Å²) in [6.45, 7) is 0. The minimum atomic E-state index is -0.387. The van der Waals surface area contributed by atoms with Gasteiger partial charge in [0.15, 0.2) is 0 Å². The monoisotopic (exact) mass is 342 g/mol. The summed E-state index contributed by atoms with van der Waals surface area (Å²) in [6.07, 6.45) is 1.49. The molecule has 0 saturated carbocycles. The van der Waals surface area contributed by atoms with Crippen LogP contribution in [-0.4, -0.2) is 11.7 Å². The lowest BCUT2D eigenvalue weighted by Crippen LogP contribution is -2.32. The number of carbonyl (C=O) groups excluding carboxylic acids is 1. The zero-order chi connectivity index (χ0) is 17.9. The van der Waals surface area contributed by atoms with E-state index in [2.05, 4.69) is 4.99 Å². The van der Waals surface area contributed by atoms with Gasteiger partial charge in [0.05, 0.1) is 5.69 Å². The molecular formula is C22H15FN2O. The van der Waals surface area contributed by atoms with Crippen LogP contribution in [0.1, 0.15) is 11.1 Å². The van der Waals surface area contributed by atoms with Crippen molar-refractivity contribution in [3.63, 3.8) is 0 Å². The summed E-state index contributed by atoms with van der Waals surface area (Å²) in [6, 6.07) is 25.1. The maximum atomic E-state index is 14.0. The van der Waals surface area contributed by atoms with Crippen LogP contribution in [0, 0.1) is 5.82 Å². The zero-order valence-electron chi connectivity index (χ0n) is 13.8. The Kier molecular flexibility index (Phi) is 4.15. The minimum absolute atomic E-state index is 0.206. The van der Waals surface area contributed by atoms with Crippen molar-refractivity contribution in [2.75, 3.05) is 4.90 Å². The van der Waals surface area contributed by atoms with Crippen LogP contribution < -0.4 is 4.90 Å². The fraction of sp³-hybridized carbons (Fsp3) is 0. The highest BCUT2D eigenvalue weighted by molar-refractivity contribution is 6.33. The smallest absolute Gasteiger partial charge is 0.266 e. The van der Waals surface area contributed by atoms with Crippen molar-refractivity contribution in [1.29, 1.82) is 0 Å². The predicted octanol–water partition coefficient (Wildman–Crippen LogP) is 4.66. The van der Waals surface area contributed by atoms with Crippen molar-refractivity contribution < 1.29 is 9.18 Å². The number of hydrogen-bond acceptors (Lipinski definition) is 2. The van der Waals surface area contributed by atoms with Crippen LogP contribution in [0.5, 0.6) is 0 Å². The molecule has 0 spiro atoms. The Balaban J connectivity index is 1.84. The third kappa shape index (κ3) is 2.93. The highest BCUT2D eigenvalue weighted by atomic mass is 19.1. The van der Waals surface area contributed by atoms with Crippen LogP contribution in [-0.2, 0) is 4.79 Å². The van der Waals surface area contributed by atoms with Gasteiger partial charge in [-0.2, -0.15) is 0 Å². The number of nitrogens with zero attached hydrogens (tertiary/aromatic N) is 2. The van der Waals surface area contributed by atoms with Crippen molar-refractivity contribution >= 4 is 23.5 Å². The Hall–Kier alpha value is -3.53. The summed E-state index contributed by atoms with van der Waals surface area (Å²) in [5, 5.41) is 0. The molecule has 4 rings (SSSR count). The van der Waals surface area contributed by atoms with E-state index in [-0.39, 0.29) is 17.4 Å². The number of aliphatic imine (C=N–C) groups is 1. The van der Waals surface area contributed by atoms with E-state index in [4.69, 9.17) is 0 Å². The second-order valence-corrected chi connectivity index (χ2v) is 5.83. The molecule has 0 aliphatic carbocycles. The van der Waals surface area contributed by atoms with E-state index in [1.54, 1.807) is 23.1 Å². The molecule has 1 heterocycles. The Morgan fingerprint density at radius 3 is 2.12 bits per heavy atom. The Morgan fingerprint density at radius 2 is 1.42 bits per heavy atom. The quantitative estimate of drug-likeness (QED) is 0.637. The lowest BCUT2D eigenvalue weighted by atomic mass is 10.1. The molecule has 0 bridgehead atoms. The molecule has 3 aromatic carbocycles. The lowest BCUT2D eigenvalue weighted by Gasteiger charge is -2.18. The van der Waals surface area contributed by atoms with Crippen molar-refractivity contribution in [3.8, 4) is 0 Å². The van der Waals surface area contributed by atoms with Gasteiger partial charge in [0.2, 0.25) is 0 Å². The number of halogens is 1. The highest BCUT2D eigenvalue weighted by Gasteiger charge is 2.32. The standard InChI is InChI=1S/C22H15FN2O/c23-19-14-8-7-11-17(19)15-20-22(26)25(18-12-5-2-6-13-18)21(24-20)16-9-3-1-4-10-16/h1-15H/b20-15-. The molecule has 1 aliphatic heterocycles. The van der Waals surface area contributed by atoms with Crippen LogP contribution in [0.2, 0.25) is 0 Å². The van der Waals surface area contributed by atoms with E-state index in [1.807, 2.05) is 60.7 Å². The van der Waals surface area contributed by atoms with Gasteiger partial charge in [-0.3, -0.25) is 9.69 Å². The summed E-state index contributed by atoms with van der Waals surface area (Å²) in [7, 11) is 0. The largest absolute Gasteiger partial charge is 0.282 e. The number of hydrogen-bond donors (Lipinski definition) is 0. The maximum Gasteiger partial charge on any atom is 0.282 e. The van der Waals surface area contributed by atoms with Crippen molar-refractivity contribution in [1.82, 2.24) is 0 Å². The van der Waals surface area contributed by atoms with E-state index in [0.29, 0.717) is 11.4 Å². The summed E-state index contributed by atoms with van der Waals surface area (Å²) in [5.41, 5.74) is 2.08. The number of benzene rings is 3. The molecular weight excluding hydrogens is 327 g/mol. The molecule has 4 heteroatoms. The number of amidine groups is 1. The molecule has 1 aliphatic rings. The molecule has 126 valence electrons. The number of anilines is 1. The predicted molar refractivity (Wildman–Crippen MR) is 101 cm³/mol. The van der Waals surface area contributed by atoms with E-state index in [9.17, 15) is 9.18 Å². The molecule has 0 saturated heterocycles. The first-order valence-corrected chi connectivity index (χ1v) is 8.24. The van der Waals surface area contributed by atoms with Gasteiger partial charge in [0.25, 0.3) is 5.91 Å². The first kappa shape index (κ1) is 16.0. The minimum Gasteiger partial charge on any atom is -0.266 e. The van der Waals surface area contributed by atoms with Gasteiger partial charge in [-0.15, -0.1) is 0 Å². The molecule has 26 heavy (non-hydrogen) atoms. The number of amides is 1. The zero-order valence-corrected chi connectivity index (χ0v) is 13.8. The SMILES string of the molecule is O=C1/C(=C/c2ccccc2F)N=C(c2ccccc2)N1c1ccccc1. The normalized spacial score (nSPS) is 15.4. The molecule has 3 aromatic rings. The molecule has 0 aromatic heterocycles. The summed E-state index contributed by atoms with van der Waals surface area (Å²) in [5.74, 6) is -0.134. The van der Waals surface area contributed by atoms with Gasteiger partial charge in [-0.05, 0) is 24.3 Å². The van der Waals surface area contributed by atoms with E-state index in [0.717, 1.165) is 11.3 Å². The van der Waals surface area contributed by atoms with Crippen molar-refractivity contribution in [2.45, 2.75) is 0 Å². The molecule has 0 fully saturated rings. The first-order chi connectivity index (χ1) is 12.7. The lowest BCUT2D eigenvalue weighted by molar-refractivity contribution is -0.113. The average Bonchev–Trinajstić information content (AvgIpc) is 3.01. The molecule has 0 radical (unpaired) electrons. The van der Waals surface area contributed by atoms with E-state index < -0.39 is 0 Å². The Bertz CT molecular complexity index is 1010. The number of carbonyl (C=O) groups is 1. The maximum absolute atomic E-state index is 14.0. The van der Waals surface area contributed by atoms with Crippen LogP contribution in [0.25, 0.3) is 6.08 Å². The first-order valence-electron chi connectivity index (χ1n) is 8.24. The summed E-state index contributed by atoms with van der Waals surface area (Å²) < 4.78 is 14.0. The third-order valence-electron chi connectivity index (χ3n) is 4.10. The average molecular weight is 342 g/mol. The second kappa shape index (κ2) is 6.76. The number of rotatable bonds is 3. The summed E-state index contributed by atoms with van der Waals surface area (Å²) in [4.78, 5) is 19.1. The van der Waals surface area contributed by atoms with Gasteiger partial charge in [-0.25, -0.2) is 9.38 Å². The fourth-order valence-electron chi connectivity index (χ4n) is 2.85. The van der Waals surface area contributed by atoms with Crippen LogP contribution in [0.3, 0.4) is 0 Å². The van der Waals surface area contributed by atoms with Crippen LogP contribution in [0.4, 0.5) is 10.1 Å². The second-order valence-electron chi connectivity index (χ2n) is 5.83. The highest BCUT2D eigenvalue weighted by Crippen LogP contribution is 2.28. The molecule has 0 atom stereocenters. The van der Waals surface area contributed by atoms with Crippen LogP contribution >= 0.6 is 0 Å². The van der Waals surface area contributed by atoms with E-state index in [1.165, 1.54) is 12.1 Å². The molecule has 0 unspecified atom stereocenters. The fourth-order valence-corrected chi connectivity index (χ4v) is 2.85.